The second-order valence-corrected chi connectivity index (χ2v) is 11.6. The van der Waals surface area contributed by atoms with E-state index in [1.54, 1.807) is 0 Å². The van der Waals surface area contributed by atoms with Crippen LogP contribution in [0.2, 0.25) is 0 Å². The van der Waals surface area contributed by atoms with Gasteiger partial charge in [0, 0.05) is 12.0 Å². The molecule has 1 atom stereocenters. The first kappa shape index (κ1) is 25.1. The molecule has 4 saturated carbocycles. The fourth-order valence-corrected chi connectivity index (χ4v) is 7.30. The number of rotatable bonds is 17. The predicted molar refractivity (Wildman–Crippen MR) is 130 cm³/mol. The van der Waals surface area contributed by atoms with Gasteiger partial charge in [0.25, 0.3) is 0 Å². The number of amides is 1. The van der Waals surface area contributed by atoms with Crippen molar-refractivity contribution in [1.29, 1.82) is 0 Å². The molecule has 0 aliphatic heterocycles. The molecule has 4 fully saturated rings. The van der Waals surface area contributed by atoms with Crippen LogP contribution in [-0.2, 0) is 4.79 Å². The van der Waals surface area contributed by atoms with Crippen molar-refractivity contribution in [3.63, 3.8) is 0 Å². The predicted octanol–water partition coefficient (Wildman–Crippen LogP) is 7.30. The molecule has 0 spiro atoms. The fraction of sp³-hybridized carbons (Fsp3) is 0.964. The van der Waals surface area contributed by atoms with Crippen molar-refractivity contribution >= 4 is 5.91 Å². The molecule has 0 aromatic rings. The van der Waals surface area contributed by atoms with E-state index >= 15 is 0 Å². The summed E-state index contributed by atoms with van der Waals surface area (Å²) in [6.07, 6.45) is 25.7. The first-order valence-electron chi connectivity index (χ1n) is 14.1. The second kappa shape index (κ2) is 13.2. The van der Waals surface area contributed by atoms with E-state index in [1.807, 2.05) is 0 Å². The Morgan fingerprint density at radius 3 is 1.74 bits per heavy atom. The van der Waals surface area contributed by atoms with Gasteiger partial charge in [-0.15, -0.1) is 0 Å². The van der Waals surface area contributed by atoms with Crippen LogP contribution in [0.1, 0.15) is 142 Å². The summed E-state index contributed by atoms with van der Waals surface area (Å²) in [6, 6.07) is 0. The maximum Gasteiger partial charge on any atom is 0.220 e. The molecule has 0 saturated heterocycles. The minimum atomic E-state index is -0.0681. The number of aliphatic hydroxyl groups is 1. The van der Waals surface area contributed by atoms with Crippen LogP contribution in [-0.4, -0.2) is 22.7 Å². The maximum atomic E-state index is 12.6. The van der Waals surface area contributed by atoms with Gasteiger partial charge in [-0.1, -0.05) is 77.6 Å². The van der Waals surface area contributed by atoms with Crippen LogP contribution in [0.5, 0.6) is 0 Å². The summed E-state index contributed by atoms with van der Waals surface area (Å²) >= 11 is 0. The number of hydrogen-bond donors (Lipinski definition) is 2. The maximum absolute atomic E-state index is 12.6. The van der Waals surface area contributed by atoms with Crippen molar-refractivity contribution < 1.29 is 9.90 Å². The molecule has 3 heteroatoms. The highest BCUT2D eigenvalue weighted by Gasteiger charge is 2.51. The molecule has 4 bridgehead atoms. The summed E-state index contributed by atoms with van der Waals surface area (Å²) in [5, 5.41) is 13.5. The van der Waals surface area contributed by atoms with Crippen LogP contribution in [0, 0.1) is 17.8 Å². The van der Waals surface area contributed by atoms with Gasteiger partial charge in [0.15, 0.2) is 0 Å². The fourth-order valence-electron chi connectivity index (χ4n) is 7.30. The molecule has 31 heavy (non-hydrogen) atoms. The van der Waals surface area contributed by atoms with Gasteiger partial charge in [0.2, 0.25) is 5.91 Å². The van der Waals surface area contributed by atoms with E-state index in [-0.39, 0.29) is 11.6 Å². The monoisotopic (exact) mass is 433 g/mol. The van der Waals surface area contributed by atoms with Crippen molar-refractivity contribution in [2.75, 3.05) is 0 Å². The van der Waals surface area contributed by atoms with E-state index in [0.29, 0.717) is 5.91 Å². The highest BCUT2D eigenvalue weighted by molar-refractivity contribution is 5.76. The zero-order chi connectivity index (χ0) is 21.9. The molecular weight excluding hydrogens is 382 g/mol. The second-order valence-electron chi connectivity index (χ2n) is 11.6. The number of hydrogen-bond acceptors (Lipinski definition) is 2. The van der Waals surface area contributed by atoms with Gasteiger partial charge in [0.05, 0.1) is 6.10 Å². The van der Waals surface area contributed by atoms with Crippen LogP contribution in [0.4, 0.5) is 0 Å². The van der Waals surface area contributed by atoms with Crippen LogP contribution < -0.4 is 5.32 Å². The molecule has 4 aliphatic carbocycles. The van der Waals surface area contributed by atoms with E-state index < -0.39 is 0 Å². The van der Waals surface area contributed by atoms with Crippen molar-refractivity contribution in [3.8, 4) is 0 Å². The Labute approximate surface area is 192 Å². The van der Waals surface area contributed by atoms with Gasteiger partial charge < -0.3 is 10.4 Å². The van der Waals surface area contributed by atoms with Crippen LogP contribution in [0.3, 0.4) is 0 Å². The van der Waals surface area contributed by atoms with Gasteiger partial charge in [-0.2, -0.15) is 0 Å². The van der Waals surface area contributed by atoms with Gasteiger partial charge in [-0.25, -0.2) is 0 Å². The average molecular weight is 434 g/mol. The molecular formula is C28H51NO2. The third kappa shape index (κ3) is 8.71. The molecule has 180 valence electrons. The van der Waals surface area contributed by atoms with E-state index in [9.17, 15) is 9.90 Å². The Morgan fingerprint density at radius 2 is 1.23 bits per heavy atom. The summed E-state index contributed by atoms with van der Waals surface area (Å²) < 4.78 is 0. The van der Waals surface area contributed by atoms with Crippen LogP contribution >= 0.6 is 0 Å². The molecule has 4 rings (SSSR count). The van der Waals surface area contributed by atoms with Gasteiger partial charge in [-0.05, 0) is 75.5 Å². The minimum Gasteiger partial charge on any atom is -0.393 e. The molecule has 1 unspecified atom stereocenters. The Kier molecular flexibility index (Phi) is 10.7. The lowest BCUT2D eigenvalue weighted by Gasteiger charge is -2.56. The molecule has 0 aromatic heterocycles. The third-order valence-electron chi connectivity index (χ3n) is 8.52. The number of nitrogens with one attached hydrogen (secondary N) is 1. The Bertz CT molecular complexity index is 482. The molecule has 2 N–H and O–H groups in total. The normalized spacial score (nSPS) is 29.9. The lowest BCUT2D eigenvalue weighted by molar-refractivity contribution is -0.127. The third-order valence-corrected chi connectivity index (χ3v) is 8.52. The van der Waals surface area contributed by atoms with Crippen LogP contribution in [0.25, 0.3) is 0 Å². The zero-order valence-corrected chi connectivity index (χ0v) is 20.5. The van der Waals surface area contributed by atoms with Crippen molar-refractivity contribution in [1.82, 2.24) is 5.32 Å². The highest BCUT2D eigenvalue weighted by atomic mass is 16.3. The number of carbonyl (C=O) groups is 1. The Hall–Kier alpha value is -0.570. The largest absolute Gasteiger partial charge is 0.393 e. The standard InChI is InChI=1S/C28H51NO2/c1-2-3-4-11-14-26(30)15-12-9-7-5-6-8-10-13-16-27(31)29-28-20-23-17-24(21-28)19-25(18-23)22-28/h23-26,30H,2-22H2,1H3,(H,29,31). The van der Waals surface area contributed by atoms with Crippen molar-refractivity contribution in [2.45, 2.75) is 153 Å². The quantitative estimate of drug-likeness (QED) is 0.236. The Morgan fingerprint density at radius 1 is 0.774 bits per heavy atom. The Balaban J connectivity index is 1.11. The van der Waals surface area contributed by atoms with Crippen molar-refractivity contribution in [2.24, 2.45) is 17.8 Å². The van der Waals surface area contributed by atoms with Gasteiger partial charge >= 0.3 is 0 Å². The molecule has 0 aromatic carbocycles. The van der Waals surface area contributed by atoms with Crippen molar-refractivity contribution in [3.05, 3.63) is 0 Å². The average Bonchev–Trinajstić information content (AvgIpc) is 2.71. The van der Waals surface area contributed by atoms with Gasteiger partial charge in [-0.3, -0.25) is 4.79 Å². The topological polar surface area (TPSA) is 49.3 Å². The summed E-state index contributed by atoms with van der Waals surface area (Å²) in [5.74, 6) is 3.04. The summed E-state index contributed by atoms with van der Waals surface area (Å²) in [5.41, 5.74) is 0.189. The highest BCUT2D eigenvalue weighted by Crippen LogP contribution is 2.55. The van der Waals surface area contributed by atoms with E-state index in [4.69, 9.17) is 0 Å². The number of aliphatic hydroxyl groups excluding tert-OH is 1. The van der Waals surface area contributed by atoms with E-state index in [0.717, 1.165) is 43.4 Å². The summed E-state index contributed by atoms with van der Waals surface area (Å²) in [6.45, 7) is 2.23. The molecule has 0 radical (unpaired) electrons. The lowest BCUT2D eigenvalue weighted by atomic mass is 9.53. The minimum absolute atomic E-state index is 0.0681. The molecule has 3 nitrogen and oxygen atoms in total. The molecule has 1 amide bonds. The SMILES string of the molecule is CCCCCCC(O)CCCCCCCCCCC(=O)NC12CC3CC(CC(C3)C1)C2. The van der Waals surface area contributed by atoms with Gasteiger partial charge in [0.1, 0.15) is 0 Å². The lowest BCUT2D eigenvalue weighted by Crippen LogP contribution is -2.59. The summed E-state index contributed by atoms with van der Waals surface area (Å²) in [7, 11) is 0. The van der Waals surface area contributed by atoms with E-state index in [1.165, 1.54) is 109 Å². The molecule has 0 heterocycles. The molecule has 4 aliphatic rings. The van der Waals surface area contributed by atoms with Crippen LogP contribution in [0.15, 0.2) is 0 Å². The first-order chi connectivity index (χ1) is 15.1. The number of unbranched alkanes of at least 4 members (excludes halogenated alkanes) is 10. The van der Waals surface area contributed by atoms with E-state index in [2.05, 4.69) is 12.2 Å². The smallest absolute Gasteiger partial charge is 0.220 e. The summed E-state index contributed by atoms with van der Waals surface area (Å²) in [4.78, 5) is 12.6. The number of carbonyl (C=O) groups excluding carboxylic acids is 1. The first-order valence-corrected chi connectivity index (χ1v) is 14.1. The zero-order valence-electron chi connectivity index (χ0n) is 20.5.